The molecule has 1 aromatic heterocycles. The number of amides is 2. The second-order valence-corrected chi connectivity index (χ2v) is 9.23. The number of hydrogen-bond acceptors (Lipinski definition) is 8. The van der Waals surface area contributed by atoms with Gasteiger partial charge in [0.15, 0.2) is 0 Å². The maximum Gasteiger partial charge on any atom is 0.295 e. The van der Waals surface area contributed by atoms with Crippen molar-refractivity contribution in [1.29, 1.82) is 0 Å². The number of nitrogens with zero attached hydrogens (tertiary/aromatic N) is 2. The van der Waals surface area contributed by atoms with Crippen LogP contribution in [0.2, 0.25) is 0 Å². The Hall–Kier alpha value is -3.44. The Morgan fingerprint density at radius 2 is 1.73 bits per heavy atom. The zero-order valence-corrected chi connectivity index (χ0v) is 17.1. The number of carbonyl (C=O) groups is 3. The summed E-state index contributed by atoms with van der Waals surface area (Å²) in [4.78, 5) is 43.1. The number of sulfonamides is 1. The van der Waals surface area contributed by atoms with Gasteiger partial charge in [0, 0.05) is 0 Å². The number of hydrazone groups is 1. The molecule has 0 bridgehead atoms. The summed E-state index contributed by atoms with van der Waals surface area (Å²) in [6.07, 6.45) is 0. The molecule has 0 radical (unpaired) electrons. The van der Waals surface area contributed by atoms with Crippen LogP contribution < -0.4 is 10.1 Å². The number of aryl methyl sites for hydroxylation is 1. The lowest BCUT2D eigenvalue weighted by Gasteiger charge is -2.19. The fourth-order valence-electron chi connectivity index (χ4n) is 2.85. The molecule has 0 aliphatic carbocycles. The minimum Gasteiger partial charge on any atom is -0.287 e. The average molecular weight is 442 g/mol. The first kappa shape index (κ1) is 19.9. The van der Waals surface area contributed by atoms with Crippen molar-refractivity contribution in [2.24, 2.45) is 5.10 Å². The maximum absolute atomic E-state index is 12.5. The van der Waals surface area contributed by atoms with E-state index < -0.39 is 39.3 Å². The predicted molar refractivity (Wildman–Crippen MR) is 109 cm³/mol. The number of thiazole rings is 1. The topological polar surface area (TPSA) is 135 Å². The van der Waals surface area contributed by atoms with Crippen LogP contribution in [0.1, 0.15) is 16.5 Å². The molecule has 4 rings (SSSR count). The van der Waals surface area contributed by atoms with Gasteiger partial charge < -0.3 is 0 Å². The van der Waals surface area contributed by atoms with E-state index in [2.05, 4.69) is 10.1 Å². The lowest BCUT2D eigenvalue weighted by molar-refractivity contribution is -0.141. The van der Waals surface area contributed by atoms with Crippen molar-refractivity contribution >= 4 is 54.9 Å². The number of fused-ring (bicyclic) bond motifs is 1. The highest BCUT2D eigenvalue weighted by molar-refractivity contribution is 7.89. The molecule has 0 saturated carbocycles. The number of nitrogens with one attached hydrogen (secondary N) is 2. The van der Waals surface area contributed by atoms with E-state index in [1.807, 2.05) is 17.1 Å². The highest BCUT2D eigenvalue weighted by Crippen LogP contribution is 2.30. The van der Waals surface area contributed by atoms with Gasteiger partial charge in [-0.1, -0.05) is 29.8 Å². The summed E-state index contributed by atoms with van der Waals surface area (Å²) < 4.78 is 25.8. The lowest BCUT2D eigenvalue weighted by Crippen LogP contribution is -2.52. The third kappa shape index (κ3) is 3.60. The highest BCUT2D eigenvalue weighted by Gasteiger charge is 2.43. The molecule has 1 atom stereocenters. The Morgan fingerprint density at radius 3 is 2.43 bits per heavy atom. The van der Waals surface area contributed by atoms with E-state index in [9.17, 15) is 22.8 Å². The van der Waals surface area contributed by atoms with E-state index in [1.165, 1.54) is 12.1 Å². The van der Waals surface area contributed by atoms with Crippen LogP contribution in [0.4, 0.5) is 0 Å². The smallest absolute Gasteiger partial charge is 0.287 e. The summed E-state index contributed by atoms with van der Waals surface area (Å²) in [6, 6.07) is 13.1. The number of benzene rings is 2. The number of Topliss-reactive ketones (excluding diaryl/α,β-unsaturated/α-hetero) is 1. The van der Waals surface area contributed by atoms with Crippen molar-refractivity contribution in [1.82, 2.24) is 15.1 Å². The van der Waals surface area contributed by atoms with Gasteiger partial charge in [0.2, 0.25) is 5.78 Å². The molecular weight excluding hydrogens is 428 g/mol. The summed E-state index contributed by atoms with van der Waals surface area (Å²) >= 11 is 1.12. The van der Waals surface area contributed by atoms with Crippen LogP contribution in [-0.4, -0.2) is 36.7 Å². The van der Waals surface area contributed by atoms with Gasteiger partial charge in [-0.25, -0.2) is 4.98 Å². The van der Waals surface area contributed by atoms with Gasteiger partial charge >= 0.3 is 0 Å². The molecule has 30 heavy (non-hydrogen) atoms. The second kappa shape index (κ2) is 7.43. The Kier molecular flexibility index (Phi) is 4.92. The van der Waals surface area contributed by atoms with Crippen molar-refractivity contribution in [3.8, 4) is 0 Å². The number of aromatic nitrogens is 1. The number of hydrogen-bond donors (Lipinski definition) is 2. The van der Waals surface area contributed by atoms with Crippen LogP contribution in [0.25, 0.3) is 10.2 Å². The first-order valence-corrected chi connectivity index (χ1v) is 11.0. The van der Waals surface area contributed by atoms with Gasteiger partial charge in [-0.3, -0.25) is 19.7 Å². The van der Waals surface area contributed by atoms with E-state index in [1.54, 1.807) is 36.4 Å². The first-order chi connectivity index (χ1) is 14.3. The molecule has 2 N–H and O–H groups in total. The largest absolute Gasteiger partial charge is 0.295 e. The summed E-state index contributed by atoms with van der Waals surface area (Å²) in [5, 5.41) is 5.77. The van der Waals surface area contributed by atoms with Gasteiger partial charge in [0.25, 0.3) is 21.8 Å². The standard InChI is InChI=1S/C19H14N4O5S2/c1-10-6-8-11(9-7-10)30(27,28)23-22-15-14(16(24)18(26)21-17(15)25)19-20-12-4-2-3-5-13(12)29-19/h2-9,14,23H,1H3,(H,21,25,26)/b22-15+/t14-/m1/s1. The van der Waals surface area contributed by atoms with E-state index in [0.717, 1.165) is 21.6 Å². The Bertz CT molecular complexity index is 1290. The van der Waals surface area contributed by atoms with Crippen molar-refractivity contribution in [3.05, 3.63) is 59.1 Å². The van der Waals surface area contributed by atoms with Gasteiger partial charge in [0.05, 0.1) is 15.1 Å². The molecule has 3 aromatic rings. The molecule has 2 amide bonds. The molecule has 0 unspecified atom stereocenters. The molecule has 1 aliphatic rings. The molecule has 1 saturated heterocycles. The minimum absolute atomic E-state index is 0.0624. The molecule has 152 valence electrons. The van der Waals surface area contributed by atoms with E-state index in [4.69, 9.17) is 0 Å². The number of imide groups is 1. The number of rotatable bonds is 4. The van der Waals surface area contributed by atoms with Crippen molar-refractivity contribution < 1.29 is 22.8 Å². The quantitative estimate of drug-likeness (QED) is 0.355. The molecule has 11 heteroatoms. The summed E-state index contributed by atoms with van der Waals surface area (Å²) in [6.45, 7) is 1.81. The van der Waals surface area contributed by atoms with Gasteiger partial charge in [-0.2, -0.15) is 18.4 Å². The monoisotopic (exact) mass is 442 g/mol. The van der Waals surface area contributed by atoms with E-state index in [-0.39, 0.29) is 9.90 Å². The SMILES string of the molecule is Cc1ccc(S(=O)(=O)N/N=C2/C(=O)NC(=O)C(=O)[C@@H]2c2nc3ccccc3s2)cc1. The second-order valence-electron chi connectivity index (χ2n) is 6.51. The molecule has 1 fully saturated rings. The summed E-state index contributed by atoms with van der Waals surface area (Å²) in [7, 11) is -4.09. The third-order valence-electron chi connectivity index (χ3n) is 4.39. The number of para-hydroxylation sites is 1. The maximum atomic E-state index is 12.5. The van der Waals surface area contributed by atoms with Crippen LogP contribution in [-0.2, 0) is 24.4 Å². The molecule has 2 aromatic carbocycles. The van der Waals surface area contributed by atoms with Crippen molar-refractivity contribution in [2.75, 3.05) is 0 Å². The Balaban J connectivity index is 1.74. The zero-order chi connectivity index (χ0) is 21.5. The molecule has 2 heterocycles. The van der Waals surface area contributed by atoms with Crippen LogP contribution in [0, 0.1) is 6.92 Å². The fraction of sp³-hybridized carbons (Fsp3) is 0.105. The van der Waals surface area contributed by atoms with Gasteiger partial charge in [-0.15, -0.1) is 11.3 Å². The van der Waals surface area contributed by atoms with Crippen LogP contribution >= 0.6 is 11.3 Å². The first-order valence-electron chi connectivity index (χ1n) is 8.67. The summed E-state index contributed by atoms with van der Waals surface area (Å²) in [5.74, 6) is -4.40. The van der Waals surface area contributed by atoms with Crippen LogP contribution in [0.3, 0.4) is 0 Å². The van der Waals surface area contributed by atoms with Gasteiger partial charge in [0.1, 0.15) is 16.6 Å². The number of ketones is 1. The molecule has 1 aliphatic heterocycles. The molecule has 0 spiro atoms. The zero-order valence-electron chi connectivity index (χ0n) is 15.4. The lowest BCUT2D eigenvalue weighted by atomic mass is 9.94. The van der Waals surface area contributed by atoms with Gasteiger partial charge in [-0.05, 0) is 31.2 Å². The van der Waals surface area contributed by atoms with Crippen LogP contribution in [0.15, 0.2) is 58.5 Å². The molecule has 9 nitrogen and oxygen atoms in total. The highest BCUT2D eigenvalue weighted by atomic mass is 32.2. The van der Waals surface area contributed by atoms with Crippen LogP contribution in [0.5, 0.6) is 0 Å². The van der Waals surface area contributed by atoms with Crippen molar-refractivity contribution in [2.45, 2.75) is 17.7 Å². The Morgan fingerprint density at radius 1 is 1.03 bits per heavy atom. The molecular formula is C19H14N4O5S2. The summed E-state index contributed by atoms with van der Waals surface area (Å²) in [5.41, 5.74) is 1.00. The van der Waals surface area contributed by atoms with Crippen molar-refractivity contribution in [3.63, 3.8) is 0 Å². The Labute approximate surface area is 174 Å². The average Bonchev–Trinajstić information content (AvgIpc) is 3.13. The number of carbonyl (C=O) groups excluding carboxylic acids is 3. The third-order valence-corrected chi connectivity index (χ3v) is 6.72. The minimum atomic E-state index is -4.09. The predicted octanol–water partition coefficient (Wildman–Crippen LogP) is 1.25. The van der Waals surface area contributed by atoms with E-state index >= 15 is 0 Å². The fourth-order valence-corrected chi connectivity index (χ4v) is 4.74. The normalized spacial score (nSPS) is 18.6. The van der Waals surface area contributed by atoms with E-state index in [0.29, 0.717) is 5.52 Å². The number of piperidine rings is 1.